The number of methoxy groups -OCH3 is 1. The van der Waals surface area contributed by atoms with Crippen LogP contribution in [0.5, 0.6) is 5.75 Å². The van der Waals surface area contributed by atoms with E-state index in [0.29, 0.717) is 37.2 Å². The number of ether oxygens (including phenoxy) is 2. The standard InChI is InChI=1S/C37H46ClN3O5S/c1-6-8-10-25(3)22-47(44,39-26(4)42)40-36(43)28-13-17-35-33(20-28)41(21-29-12-15-31(29)34(7-2)45-5)23-37(24-46-35)18-9-11-27-19-30(38)14-16-32(27)37/h7,13-14,16-17,19-20,25,29,31,34H,2,9-12,15,18,21-24H2,1,3-5H3,(H,39,40,42,43,44)/t25-,29-,31+,34-,37-,47+/m0/s1. The van der Waals surface area contributed by atoms with Crippen LogP contribution in [0, 0.1) is 29.6 Å². The number of rotatable bonds is 10. The van der Waals surface area contributed by atoms with Crippen molar-refractivity contribution >= 4 is 39.0 Å². The number of amides is 2. The molecule has 1 spiro atoms. The van der Waals surface area contributed by atoms with E-state index in [-0.39, 0.29) is 28.8 Å². The van der Waals surface area contributed by atoms with Crippen molar-refractivity contribution in [1.29, 1.82) is 0 Å². The van der Waals surface area contributed by atoms with Crippen molar-refractivity contribution in [2.45, 2.75) is 70.8 Å². The Morgan fingerprint density at radius 1 is 1.30 bits per heavy atom. The molecule has 1 fully saturated rings. The first-order chi connectivity index (χ1) is 22.5. The van der Waals surface area contributed by atoms with Crippen LogP contribution in [0.15, 0.2) is 53.4 Å². The summed E-state index contributed by atoms with van der Waals surface area (Å²) in [7, 11) is -1.64. The topological polar surface area (TPSA) is 97.3 Å². The predicted octanol–water partition coefficient (Wildman–Crippen LogP) is 6.75. The summed E-state index contributed by atoms with van der Waals surface area (Å²) in [6, 6.07) is 11.5. The van der Waals surface area contributed by atoms with Gasteiger partial charge in [-0.1, -0.05) is 30.7 Å². The maximum Gasteiger partial charge on any atom is 0.286 e. The maximum atomic E-state index is 13.8. The largest absolute Gasteiger partial charge is 0.490 e. The van der Waals surface area contributed by atoms with Crippen LogP contribution in [0.1, 0.15) is 74.4 Å². The molecule has 6 atom stereocenters. The zero-order valence-corrected chi connectivity index (χ0v) is 29.4. The molecule has 47 heavy (non-hydrogen) atoms. The molecular weight excluding hydrogens is 634 g/mol. The summed E-state index contributed by atoms with van der Waals surface area (Å²) >= 11 is 6.42. The Kier molecular flexibility index (Phi) is 11.1. The normalized spacial score (nSPS) is 24.0. The van der Waals surface area contributed by atoms with Crippen LogP contribution in [0.4, 0.5) is 5.69 Å². The van der Waals surface area contributed by atoms with Gasteiger partial charge in [-0.15, -0.1) is 22.8 Å². The van der Waals surface area contributed by atoms with Crippen LogP contribution < -0.4 is 14.4 Å². The highest BCUT2D eigenvalue weighted by Crippen LogP contribution is 2.47. The number of hydrogen-bond acceptors (Lipinski definition) is 6. The lowest BCUT2D eigenvalue weighted by atomic mass is 9.68. The molecule has 1 aliphatic heterocycles. The van der Waals surface area contributed by atoms with Gasteiger partial charge >= 0.3 is 0 Å². The molecule has 2 aliphatic carbocycles. The molecule has 2 amide bonds. The molecule has 0 aromatic heterocycles. The minimum Gasteiger partial charge on any atom is -0.490 e. The average Bonchev–Trinajstić information content (AvgIpc) is 3.16. The highest BCUT2D eigenvalue weighted by molar-refractivity contribution is 7.92. The van der Waals surface area contributed by atoms with Gasteiger partial charge < -0.3 is 14.4 Å². The monoisotopic (exact) mass is 679 g/mol. The molecule has 0 unspecified atom stereocenters. The molecule has 1 saturated carbocycles. The second-order valence-corrected chi connectivity index (χ2v) is 15.8. The summed E-state index contributed by atoms with van der Waals surface area (Å²) in [5, 5.41) is 0.734. The fourth-order valence-electron chi connectivity index (χ4n) is 7.46. The first kappa shape index (κ1) is 35.0. The summed E-state index contributed by atoms with van der Waals surface area (Å²) < 4.78 is 32.8. The zero-order valence-electron chi connectivity index (χ0n) is 27.9. The van der Waals surface area contributed by atoms with Gasteiger partial charge in [-0.3, -0.25) is 14.3 Å². The van der Waals surface area contributed by atoms with Crippen LogP contribution in [-0.2, 0) is 31.3 Å². The number of carbonyl (C=O) groups is 2. The second-order valence-electron chi connectivity index (χ2n) is 13.3. The SMILES string of the molecule is C=C[C@H](OC)[C@@H]1CC[C@H]1CN1C[C@@]2(CCCc3cc(Cl)ccc32)COc2ccc(C(=O)N=[S@@](=O)(C[C@@H](C)CC#CC)NC(C)=O)cc21. The van der Waals surface area contributed by atoms with Crippen LogP contribution in [-0.4, -0.2) is 54.7 Å². The van der Waals surface area contributed by atoms with E-state index in [9.17, 15) is 13.8 Å². The summed E-state index contributed by atoms with van der Waals surface area (Å²) in [6.45, 7) is 10.9. The first-order valence-electron chi connectivity index (χ1n) is 16.4. The van der Waals surface area contributed by atoms with Crippen molar-refractivity contribution < 1.29 is 23.3 Å². The van der Waals surface area contributed by atoms with Gasteiger partial charge in [-0.25, -0.2) is 4.21 Å². The predicted molar refractivity (Wildman–Crippen MR) is 188 cm³/mol. The number of nitrogens with one attached hydrogen (secondary N) is 1. The van der Waals surface area contributed by atoms with Crippen LogP contribution >= 0.6 is 11.6 Å². The third-order valence-electron chi connectivity index (χ3n) is 9.81. The number of benzene rings is 2. The van der Waals surface area contributed by atoms with Gasteiger partial charge in [0.15, 0.2) is 0 Å². The number of halogens is 1. The van der Waals surface area contributed by atoms with Crippen molar-refractivity contribution in [1.82, 2.24) is 4.72 Å². The maximum absolute atomic E-state index is 13.8. The molecular formula is C37H46ClN3O5S. The van der Waals surface area contributed by atoms with E-state index >= 15 is 0 Å². The molecule has 1 N–H and O–H groups in total. The molecule has 0 saturated heterocycles. The first-order valence-corrected chi connectivity index (χ1v) is 18.5. The van der Waals surface area contributed by atoms with Crippen molar-refractivity contribution in [2.75, 3.05) is 37.5 Å². The van der Waals surface area contributed by atoms with Crippen LogP contribution in [0.25, 0.3) is 0 Å². The molecule has 8 nitrogen and oxygen atoms in total. The van der Waals surface area contributed by atoms with Crippen molar-refractivity contribution in [3.8, 4) is 17.6 Å². The van der Waals surface area contributed by atoms with Crippen LogP contribution in [0.3, 0.4) is 0 Å². The van der Waals surface area contributed by atoms with Gasteiger partial charge in [0.2, 0.25) is 5.91 Å². The Morgan fingerprint density at radius 2 is 2.11 bits per heavy atom. The van der Waals surface area contributed by atoms with E-state index in [1.54, 1.807) is 26.2 Å². The van der Waals surface area contributed by atoms with E-state index < -0.39 is 21.7 Å². The zero-order chi connectivity index (χ0) is 33.8. The van der Waals surface area contributed by atoms with Gasteiger partial charge in [0.25, 0.3) is 5.91 Å². The Balaban J connectivity index is 1.53. The number of nitrogens with zero attached hydrogens (tertiary/aromatic N) is 2. The number of carbonyl (C=O) groups excluding carboxylic acids is 2. The van der Waals surface area contributed by atoms with Gasteiger partial charge in [-0.05, 0) is 98.2 Å². The lowest BCUT2D eigenvalue weighted by Crippen LogP contribution is -2.49. The van der Waals surface area contributed by atoms with Gasteiger partial charge in [0, 0.05) is 49.5 Å². The Labute approximate surface area is 284 Å². The fraction of sp³-hybridized carbons (Fsp3) is 0.514. The van der Waals surface area contributed by atoms with E-state index in [2.05, 4.69) is 44.5 Å². The van der Waals surface area contributed by atoms with Gasteiger partial charge in [-0.2, -0.15) is 0 Å². The number of aryl methyl sites for hydroxylation is 1. The number of anilines is 1. The molecule has 0 radical (unpaired) electrons. The molecule has 5 rings (SSSR count). The van der Waals surface area contributed by atoms with E-state index in [1.165, 1.54) is 18.1 Å². The Hall–Kier alpha value is -3.32. The number of hydrogen-bond donors (Lipinski definition) is 1. The smallest absolute Gasteiger partial charge is 0.286 e. The van der Waals surface area contributed by atoms with E-state index in [0.717, 1.165) is 49.4 Å². The highest BCUT2D eigenvalue weighted by atomic mass is 35.5. The average molecular weight is 680 g/mol. The second kappa shape index (κ2) is 14.8. The highest BCUT2D eigenvalue weighted by Gasteiger charge is 2.44. The molecule has 10 heteroatoms. The molecule has 2 aromatic carbocycles. The fourth-order valence-corrected chi connectivity index (χ4v) is 9.57. The minimum atomic E-state index is -3.37. The Morgan fingerprint density at radius 3 is 2.79 bits per heavy atom. The van der Waals surface area contributed by atoms with Gasteiger partial charge in [0.1, 0.15) is 15.7 Å². The number of fused-ring (bicyclic) bond motifs is 3. The summed E-state index contributed by atoms with van der Waals surface area (Å²) in [5.41, 5.74) is 3.35. The van der Waals surface area contributed by atoms with Crippen molar-refractivity contribution in [2.24, 2.45) is 22.1 Å². The third kappa shape index (κ3) is 7.88. The summed E-state index contributed by atoms with van der Waals surface area (Å²) in [6.07, 6.45) is 7.44. The van der Waals surface area contributed by atoms with Crippen molar-refractivity contribution in [3.05, 3.63) is 70.8 Å². The lowest BCUT2D eigenvalue weighted by Gasteiger charge is -2.46. The van der Waals surface area contributed by atoms with Crippen molar-refractivity contribution in [3.63, 3.8) is 0 Å². The molecule has 3 aliphatic rings. The summed E-state index contributed by atoms with van der Waals surface area (Å²) in [4.78, 5) is 28.1. The quantitative estimate of drug-likeness (QED) is 0.221. The third-order valence-corrected chi connectivity index (χ3v) is 12.1. The van der Waals surface area contributed by atoms with E-state index in [4.69, 9.17) is 21.1 Å². The van der Waals surface area contributed by atoms with Crippen LogP contribution in [0.2, 0.25) is 5.02 Å². The van der Waals surface area contributed by atoms with Gasteiger partial charge in [0.05, 0.1) is 24.2 Å². The molecule has 2 aromatic rings. The van der Waals surface area contributed by atoms with E-state index in [1.807, 2.05) is 25.1 Å². The Bertz CT molecular complexity index is 1710. The molecule has 252 valence electrons. The molecule has 0 bridgehead atoms. The lowest BCUT2D eigenvalue weighted by molar-refractivity contribution is -0.117. The summed E-state index contributed by atoms with van der Waals surface area (Å²) in [5.74, 6) is 5.94. The molecule has 1 heterocycles. The minimum absolute atomic E-state index is 0.0200.